The van der Waals surface area contributed by atoms with Crippen LogP contribution in [0.2, 0.25) is 0 Å². The van der Waals surface area contributed by atoms with Crippen LogP contribution in [-0.4, -0.2) is 11.7 Å². The van der Waals surface area contributed by atoms with E-state index in [1.54, 1.807) is 5.57 Å². The predicted molar refractivity (Wildman–Crippen MR) is 118 cm³/mol. The molecular weight excluding hydrogens is 346 g/mol. The van der Waals surface area contributed by atoms with Crippen molar-refractivity contribution in [2.24, 2.45) is 27.8 Å². The molecule has 0 N–H and O–H groups in total. The molecule has 0 aliphatic heterocycles. The maximum Gasteiger partial charge on any atom is 0.331 e. The van der Waals surface area contributed by atoms with Crippen LogP contribution in [0.5, 0.6) is 0 Å². The van der Waals surface area contributed by atoms with Crippen LogP contribution in [-0.2, 0) is 9.63 Å². The number of carbonyl (C=O) groups excluding carboxylic acids is 1. The summed E-state index contributed by atoms with van der Waals surface area (Å²) in [4.78, 5) is 15.5. The standard InChI is InChI=1S/C25H41NO2/c1-18(10-8-11-20(3)26-28-21(4)27)12-14-22-19(2)13-15-23-24(5,6)16-9-17-25(22,23)7/h10,13,22-23H,8-9,11-12,14-17H2,1-7H3/b18-10+,26-20+/t22-,23-,25+/m1/s1. The predicted octanol–water partition coefficient (Wildman–Crippen LogP) is 7.23. The summed E-state index contributed by atoms with van der Waals surface area (Å²) >= 11 is 0. The summed E-state index contributed by atoms with van der Waals surface area (Å²) in [6.45, 7) is 15.5. The van der Waals surface area contributed by atoms with Crippen molar-refractivity contribution < 1.29 is 9.63 Å². The molecule has 0 aromatic carbocycles. The van der Waals surface area contributed by atoms with Gasteiger partial charge in [-0.05, 0) is 88.4 Å². The van der Waals surface area contributed by atoms with Crippen molar-refractivity contribution in [3.8, 4) is 0 Å². The van der Waals surface area contributed by atoms with Crippen LogP contribution in [0.3, 0.4) is 0 Å². The van der Waals surface area contributed by atoms with Gasteiger partial charge in [0.05, 0.1) is 5.71 Å². The second-order valence-electron chi connectivity index (χ2n) is 10.2. The van der Waals surface area contributed by atoms with Gasteiger partial charge in [0.25, 0.3) is 0 Å². The van der Waals surface area contributed by atoms with Crippen LogP contribution < -0.4 is 0 Å². The Morgan fingerprint density at radius 3 is 2.61 bits per heavy atom. The first-order valence-corrected chi connectivity index (χ1v) is 11.1. The van der Waals surface area contributed by atoms with Crippen LogP contribution in [0.4, 0.5) is 0 Å². The van der Waals surface area contributed by atoms with E-state index in [-0.39, 0.29) is 5.97 Å². The molecule has 0 aromatic rings. The molecule has 0 bridgehead atoms. The summed E-state index contributed by atoms with van der Waals surface area (Å²) in [6.07, 6.45) is 14.5. The van der Waals surface area contributed by atoms with Crippen molar-refractivity contribution in [3.63, 3.8) is 0 Å². The second kappa shape index (κ2) is 9.41. The topological polar surface area (TPSA) is 38.7 Å². The Hall–Kier alpha value is -1.38. The molecule has 1 saturated carbocycles. The van der Waals surface area contributed by atoms with E-state index in [1.165, 1.54) is 51.0 Å². The molecule has 2 aliphatic carbocycles. The molecule has 3 heteroatoms. The third-order valence-corrected chi connectivity index (χ3v) is 7.45. The lowest BCUT2D eigenvalue weighted by Gasteiger charge is -2.57. The number of oxime groups is 1. The maximum absolute atomic E-state index is 10.8. The van der Waals surface area contributed by atoms with Gasteiger partial charge in [0.2, 0.25) is 0 Å². The van der Waals surface area contributed by atoms with E-state index >= 15 is 0 Å². The van der Waals surface area contributed by atoms with Crippen molar-refractivity contribution in [3.05, 3.63) is 23.3 Å². The van der Waals surface area contributed by atoms with E-state index in [1.807, 2.05) is 6.92 Å². The summed E-state index contributed by atoms with van der Waals surface area (Å²) in [5.74, 6) is 1.16. The lowest BCUT2D eigenvalue weighted by atomic mass is 9.48. The lowest BCUT2D eigenvalue weighted by molar-refractivity contribution is -0.140. The van der Waals surface area contributed by atoms with Gasteiger partial charge >= 0.3 is 5.97 Å². The van der Waals surface area contributed by atoms with Gasteiger partial charge < -0.3 is 4.84 Å². The number of nitrogens with zero attached hydrogens (tertiary/aromatic N) is 1. The Bertz CT molecular complexity index is 655. The first-order valence-electron chi connectivity index (χ1n) is 11.1. The molecule has 0 amide bonds. The maximum atomic E-state index is 10.8. The fourth-order valence-electron chi connectivity index (χ4n) is 5.88. The van der Waals surface area contributed by atoms with Gasteiger partial charge in [0, 0.05) is 6.92 Å². The van der Waals surface area contributed by atoms with Crippen LogP contribution in [0.25, 0.3) is 0 Å². The molecule has 2 rings (SSSR count). The van der Waals surface area contributed by atoms with E-state index < -0.39 is 0 Å². The van der Waals surface area contributed by atoms with Crippen LogP contribution in [0.1, 0.15) is 99.8 Å². The minimum atomic E-state index is -0.361. The number of carbonyl (C=O) groups is 1. The fourth-order valence-corrected chi connectivity index (χ4v) is 5.88. The van der Waals surface area contributed by atoms with Crippen LogP contribution in [0.15, 0.2) is 28.5 Å². The highest BCUT2D eigenvalue weighted by Gasteiger charge is 2.51. The highest BCUT2D eigenvalue weighted by molar-refractivity contribution is 5.82. The van der Waals surface area contributed by atoms with Crippen molar-refractivity contribution >= 4 is 11.7 Å². The molecule has 0 aromatic heterocycles. The fraction of sp³-hybridized carbons (Fsp3) is 0.760. The van der Waals surface area contributed by atoms with E-state index in [0.29, 0.717) is 16.7 Å². The quantitative estimate of drug-likeness (QED) is 0.200. The summed E-state index contributed by atoms with van der Waals surface area (Å²) in [5.41, 5.74) is 4.87. The smallest absolute Gasteiger partial charge is 0.319 e. The zero-order valence-electron chi connectivity index (χ0n) is 19.2. The minimum Gasteiger partial charge on any atom is -0.319 e. The highest BCUT2D eigenvalue weighted by atomic mass is 16.7. The number of hydrogen-bond acceptors (Lipinski definition) is 3. The molecule has 0 unspecified atom stereocenters. The Labute approximate surface area is 172 Å². The molecule has 3 atom stereocenters. The van der Waals surface area contributed by atoms with E-state index in [9.17, 15) is 4.79 Å². The van der Waals surface area contributed by atoms with Gasteiger partial charge in [0.1, 0.15) is 0 Å². The summed E-state index contributed by atoms with van der Waals surface area (Å²) in [6, 6.07) is 0. The molecule has 0 spiro atoms. The number of hydrogen-bond donors (Lipinski definition) is 0. The van der Waals surface area contributed by atoms with Gasteiger partial charge in [-0.15, -0.1) is 0 Å². The average Bonchev–Trinajstić information content (AvgIpc) is 2.58. The van der Waals surface area contributed by atoms with Gasteiger partial charge in [-0.25, -0.2) is 4.79 Å². The molecule has 2 aliphatic rings. The third kappa shape index (κ3) is 5.58. The van der Waals surface area contributed by atoms with Gasteiger partial charge in [-0.1, -0.05) is 55.6 Å². The molecule has 1 fully saturated rings. The highest BCUT2D eigenvalue weighted by Crippen LogP contribution is 2.60. The van der Waals surface area contributed by atoms with Crippen LogP contribution in [0, 0.1) is 22.7 Å². The Morgan fingerprint density at radius 1 is 1.21 bits per heavy atom. The van der Waals surface area contributed by atoms with E-state index in [4.69, 9.17) is 4.84 Å². The van der Waals surface area contributed by atoms with Gasteiger partial charge in [-0.3, -0.25) is 0 Å². The Morgan fingerprint density at radius 2 is 1.93 bits per heavy atom. The number of allylic oxidation sites excluding steroid dienone is 4. The zero-order chi connectivity index (χ0) is 20.9. The molecule has 158 valence electrons. The normalized spacial score (nSPS) is 30.5. The van der Waals surface area contributed by atoms with Gasteiger partial charge in [-0.2, -0.15) is 0 Å². The second-order valence-corrected chi connectivity index (χ2v) is 10.2. The molecule has 3 nitrogen and oxygen atoms in total. The van der Waals surface area contributed by atoms with Crippen LogP contribution >= 0.6 is 0 Å². The first-order chi connectivity index (χ1) is 13.1. The molecule has 28 heavy (non-hydrogen) atoms. The Balaban J connectivity index is 1.95. The molecular formula is C25H41NO2. The first kappa shape index (κ1) is 22.9. The summed E-state index contributed by atoms with van der Waals surface area (Å²) in [7, 11) is 0. The van der Waals surface area contributed by atoms with Gasteiger partial charge in [0.15, 0.2) is 0 Å². The summed E-state index contributed by atoms with van der Waals surface area (Å²) < 4.78 is 0. The van der Waals surface area contributed by atoms with E-state index in [2.05, 4.69) is 51.9 Å². The number of rotatable bonds is 7. The molecule has 0 heterocycles. The van der Waals surface area contributed by atoms with Crippen molar-refractivity contribution in [2.75, 3.05) is 0 Å². The van der Waals surface area contributed by atoms with Crippen molar-refractivity contribution in [1.82, 2.24) is 0 Å². The van der Waals surface area contributed by atoms with Crippen molar-refractivity contribution in [2.45, 2.75) is 99.8 Å². The Kier molecular flexibility index (Phi) is 7.70. The number of fused-ring (bicyclic) bond motifs is 1. The third-order valence-electron chi connectivity index (χ3n) is 7.45. The monoisotopic (exact) mass is 387 g/mol. The SMILES string of the molecule is CC(=O)O/N=C(\C)CC/C=C(\C)CC[C@@H]1C(C)=CC[C@@H]2C(C)(C)CCC[C@@]12C. The zero-order valence-corrected chi connectivity index (χ0v) is 19.2. The lowest BCUT2D eigenvalue weighted by Crippen LogP contribution is -2.48. The van der Waals surface area contributed by atoms with Crippen molar-refractivity contribution in [1.29, 1.82) is 0 Å². The van der Waals surface area contributed by atoms with E-state index in [0.717, 1.165) is 24.5 Å². The molecule has 0 saturated heterocycles. The summed E-state index contributed by atoms with van der Waals surface area (Å²) in [5, 5.41) is 3.85. The molecule has 0 radical (unpaired) electrons. The largest absolute Gasteiger partial charge is 0.331 e. The average molecular weight is 388 g/mol. The minimum absolute atomic E-state index is 0.361.